The molecule has 0 atom stereocenters. The number of aromatic carboxylic acids is 1. The Bertz CT molecular complexity index is 714. The molecule has 0 aliphatic carbocycles. The van der Waals surface area contributed by atoms with Gasteiger partial charge in [0.25, 0.3) is 0 Å². The van der Waals surface area contributed by atoms with E-state index in [4.69, 9.17) is 0 Å². The highest BCUT2D eigenvalue weighted by Crippen LogP contribution is 2.28. The Morgan fingerprint density at radius 1 is 1.14 bits per heavy atom. The Labute approximate surface area is 130 Å². The van der Waals surface area contributed by atoms with E-state index in [2.05, 4.69) is 13.0 Å². The van der Waals surface area contributed by atoms with E-state index in [1.807, 2.05) is 18.2 Å². The molecule has 2 rings (SSSR count). The molecule has 3 heteroatoms. The number of hydrogen-bond donors (Lipinski definition) is 1. The van der Waals surface area contributed by atoms with Gasteiger partial charge in [-0.25, -0.2) is 4.79 Å². The van der Waals surface area contributed by atoms with Gasteiger partial charge in [-0.1, -0.05) is 50.1 Å². The van der Waals surface area contributed by atoms with Crippen molar-refractivity contribution in [3.63, 3.8) is 0 Å². The van der Waals surface area contributed by atoms with Crippen molar-refractivity contribution in [3.8, 4) is 17.2 Å². The summed E-state index contributed by atoms with van der Waals surface area (Å²) >= 11 is 0. The largest absolute Gasteiger partial charge is 0.478 e. The first-order valence-corrected chi connectivity index (χ1v) is 7.53. The SMILES string of the molecule is CCCCCc1ccc(C(=O)O)c(-c2ccccc2C#N)c1. The summed E-state index contributed by atoms with van der Waals surface area (Å²) in [5.74, 6) is -0.970. The number of benzene rings is 2. The third-order valence-corrected chi connectivity index (χ3v) is 3.72. The lowest BCUT2D eigenvalue weighted by Gasteiger charge is -2.11. The minimum atomic E-state index is -0.970. The van der Waals surface area contributed by atoms with Gasteiger partial charge in [-0.05, 0) is 36.1 Å². The lowest BCUT2D eigenvalue weighted by atomic mass is 9.93. The maximum absolute atomic E-state index is 11.5. The lowest BCUT2D eigenvalue weighted by molar-refractivity contribution is 0.0697. The normalized spacial score (nSPS) is 10.2. The zero-order chi connectivity index (χ0) is 15.9. The average Bonchev–Trinajstić information content (AvgIpc) is 2.54. The van der Waals surface area contributed by atoms with E-state index in [0.29, 0.717) is 16.7 Å². The Hall–Kier alpha value is -2.60. The molecule has 0 heterocycles. The molecular formula is C19H19NO2. The molecule has 0 aliphatic rings. The van der Waals surface area contributed by atoms with Gasteiger partial charge < -0.3 is 5.11 Å². The summed E-state index contributed by atoms with van der Waals surface area (Å²) in [4.78, 5) is 11.5. The van der Waals surface area contributed by atoms with Crippen LogP contribution in [0.2, 0.25) is 0 Å². The van der Waals surface area contributed by atoms with Gasteiger partial charge in [-0.3, -0.25) is 0 Å². The van der Waals surface area contributed by atoms with E-state index in [1.54, 1.807) is 24.3 Å². The van der Waals surface area contributed by atoms with Crippen LogP contribution in [0, 0.1) is 11.3 Å². The first-order valence-electron chi connectivity index (χ1n) is 7.53. The smallest absolute Gasteiger partial charge is 0.336 e. The number of carboxylic acids is 1. The van der Waals surface area contributed by atoms with E-state index in [0.717, 1.165) is 31.2 Å². The molecule has 0 radical (unpaired) electrons. The number of carbonyl (C=O) groups is 1. The van der Waals surface area contributed by atoms with Gasteiger partial charge in [-0.15, -0.1) is 0 Å². The molecule has 0 saturated carbocycles. The second kappa shape index (κ2) is 7.42. The molecule has 2 aromatic rings. The standard InChI is InChI=1S/C19H19NO2/c1-2-3-4-7-14-10-11-17(19(21)22)18(12-14)16-9-6-5-8-15(16)13-20/h5-6,8-12H,2-4,7H2,1H3,(H,21,22). The fourth-order valence-corrected chi connectivity index (χ4v) is 2.55. The molecule has 22 heavy (non-hydrogen) atoms. The Balaban J connectivity index is 2.49. The summed E-state index contributed by atoms with van der Waals surface area (Å²) in [5, 5.41) is 18.7. The minimum Gasteiger partial charge on any atom is -0.478 e. The van der Waals surface area contributed by atoms with Gasteiger partial charge in [0.05, 0.1) is 17.2 Å². The topological polar surface area (TPSA) is 61.1 Å². The average molecular weight is 293 g/mol. The van der Waals surface area contributed by atoms with Crippen molar-refractivity contribution in [2.45, 2.75) is 32.6 Å². The van der Waals surface area contributed by atoms with Crippen LogP contribution in [-0.4, -0.2) is 11.1 Å². The molecule has 0 unspecified atom stereocenters. The molecule has 0 aromatic heterocycles. The highest BCUT2D eigenvalue weighted by molar-refractivity contribution is 5.97. The van der Waals surface area contributed by atoms with Crippen molar-refractivity contribution >= 4 is 5.97 Å². The second-order valence-corrected chi connectivity index (χ2v) is 5.30. The third-order valence-electron chi connectivity index (χ3n) is 3.72. The van der Waals surface area contributed by atoms with Crippen LogP contribution in [0.15, 0.2) is 42.5 Å². The highest BCUT2D eigenvalue weighted by Gasteiger charge is 2.15. The van der Waals surface area contributed by atoms with Gasteiger partial charge in [0.2, 0.25) is 0 Å². The van der Waals surface area contributed by atoms with Crippen LogP contribution in [0.25, 0.3) is 11.1 Å². The molecule has 112 valence electrons. The number of rotatable bonds is 6. The number of carboxylic acid groups (broad SMARTS) is 1. The summed E-state index contributed by atoms with van der Waals surface area (Å²) < 4.78 is 0. The molecular weight excluding hydrogens is 274 g/mol. The molecule has 0 bridgehead atoms. The highest BCUT2D eigenvalue weighted by atomic mass is 16.4. The van der Waals surface area contributed by atoms with Crippen molar-refractivity contribution in [3.05, 3.63) is 59.2 Å². The summed E-state index contributed by atoms with van der Waals surface area (Å²) in [6, 6.07) is 14.7. The Kier molecular flexibility index (Phi) is 5.32. The van der Waals surface area contributed by atoms with Crippen LogP contribution in [0.4, 0.5) is 0 Å². The van der Waals surface area contributed by atoms with Crippen LogP contribution < -0.4 is 0 Å². The molecule has 0 saturated heterocycles. The number of nitrogens with zero attached hydrogens (tertiary/aromatic N) is 1. The van der Waals surface area contributed by atoms with Crippen molar-refractivity contribution < 1.29 is 9.90 Å². The quantitative estimate of drug-likeness (QED) is 0.788. The van der Waals surface area contributed by atoms with Gasteiger partial charge in [-0.2, -0.15) is 5.26 Å². The first-order chi connectivity index (χ1) is 10.7. The van der Waals surface area contributed by atoms with Crippen molar-refractivity contribution in [2.75, 3.05) is 0 Å². The molecule has 2 aromatic carbocycles. The second-order valence-electron chi connectivity index (χ2n) is 5.30. The monoisotopic (exact) mass is 293 g/mol. The maximum atomic E-state index is 11.5. The minimum absolute atomic E-state index is 0.238. The van der Waals surface area contributed by atoms with Gasteiger partial charge in [0.15, 0.2) is 0 Å². The number of aryl methyl sites for hydroxylation is 1. The predicted octanol–water partition coefficient (Wildman–Crippen LogP) is 4.66. The fraction of sp³-hybridized carbons (Fsp3) is 0.263. The summed E-state index contributed by atoms with van der Waals surface area (Å²) in [6.45, 7) is 2.15. The van der Waals surface area contributed by atoms with Crippen LogP contribution >= 0.6 is 0 Å². The molecule has 3 nitrogen and oxygen atoms in total. The van der Waals surface area contributed by atoms with Crippen LogP contribution in [0.5, 0.6) is 0 Å². The third kappa shape index (κ3) is 3.53. The van der Waals surface area contributed by atoms with Crippen molar-refractivity contribution in [2.24, 2.45) is 0 Å². The zero-order valence-electron chi connectivity index (χ0n) is 12.7. The van der Waals surface area contributed by atoms with Crippen LogP contribution in [0.3, 0.4) is 0 Å². The van der Waals surface area contributed by atoms with Crippen molar-refractivity contribution in [1.82, 2.24) is 0 Å². The maximum Gasteiger partial charge on any atom is 0.336 e. The first kappa shape index (κ1) is 15.8. The van der Waals surface area contributed by atoms with Crippen LogP contribution in [-0.2, 0) is 6.42 Å². The fourth-order valence-electron chi connectivity index (χ4n) is 2.55. The van der Waals surface area contributed by atoms with Crippen LogP contribution in [0.1, 0.15) is 47.7 Å². The number of unbranched alkanes of at least 4 members (excludes halogenated alkanes) is 2. The van der Waals surface area contributed by atoms with Gasteiger partial charge in [0, 0.05) is 5.56 Å². The van der Waals surface area contributed by atoms with E-state index >= 15 is 0 Å². The van der Waals surface area contributed by atoms with E-state index in [1.165, 1.54) is 0 Å². The summed E-state index contributed by atoms with van der Waals surface area (Å²) in [7, 11) is 0. The zero-order valence-corrected chi connectivity index (χ0v) is 12.7. The predicted molar refractivity (Wildman–Crippen MR) is 86.8 cm³/mol. The number of nitriles is 1. The Morgan fingerprint density at radius 3 is 2.59 bits per heavy atom. The number of hydrogen-bond acceptors (Lipinski definition) is 2. The summed E-state index contributed by atoms with van der Waals surface area (Å²) in [6.07, 6.45) is 4.32. The molecule has 1 N–H and O–H groups in total. The van der Waals surface area contributed by atoms with E-state index < -0.39 is 5.97 Å². The van der Waals surface area contributed by atoms with Crippen molar-refractivity contribution in [1.29, 1.82) is 5.26 Å². The molecule has 0 spiro atoms. The summed E-state index contributed by atoms with van der Waals surface area (Å²) in [5.41, 5.74) is 3.15. The van der Waals surface area contributed by atoms with E-state index in [-0.39, 0.29) is 5.56 Å². The molecule has 0 amide bonds. The Morgan fingerprint density at radius 2 is 1.91 bits per heavy atom. The van der Waals surface area contributed by atoms with Gasteiger partial charge >= 0.3 is 5.97 Å². The lowest BCUT2D eigenvalue weighted by Crippen LogP contribution is -2.01. The molecule has 0 fully saturated rings. The molecule has 0 aliphatic heterocycles. The van der Waals surface area contributed by atoms with Gasteiger partial charge in [0.1, 0.15) is 0 Å². The van der Waals surface area contributed by atoms with E-state index in [9.17, 15) is 15.2 Å².